The number of nitrogens with zero attached hydrogens (tertiary/aromatic N) is 1. The van der Waals surface area contributed by atoms with Gasteiger partial charge >= 0.3 is 0 Å². The zero-order chi connectivity index (χ0) is 26.4. The predicted octanol–water partition coefficient (Wildman–Crippen LogP) is 5.75. The average Bonchev–Trinajstić information content (AvgIpc) is 2.89. The van der Waals surface area contributed by atoms with Crippen molar-refractivity contribution in [3.63, 3.8) is 0 Å². The lowest BCUT2D eigenvalue weighted by Crippen LogP contribution is -2.27. The molecule has 5 nitrogen and oxygen atoms in total. The van der Waals surface area contributed by atoms with Gasteiger partial charge in [-0.15, -0.1) is 0 Å². The van der Waals surface area contributed by atoms with E-state index in [1.54, 1.807) is 6.92 Å². The van der Waals surface area contributed by atoms with Crippen molar-refractivity contribution in [2.24, 2.45) is 0 Å². The van der Waals surface area contributed by atoms with Crippen molar-refractivity contribution in [1.82, 2.24) is 5.32 Å². The number of benzene rings is 3. The topological polar surface area (TPSA) is 71.3 Å². The fourth-order valence-electron chi connectivity index (χ4n) is 3.28. The molecule has 0 heterocycles. The van der Waals surface area contributed by atoms with E-state index in [0.717, 1.165) is 5.56 Å². The fraction of sp³-hybridized carbons (Fsp3) is 0.154. The second-order valence-electron chi connectivity index (χ2n) is 7.53. The summed E-state index contributed by atoms with van der Waals surface area (Å²) in [6, 6.07) is 14.9. The molecule has 0 fully saturated rings. The van der Waals surface area contributed by atoms with E-state index in [4.69, 9.17) is 9.47 Å². The zero-order valence-electron chi connectivity index (χ0n) is 19.0. The van der Waals surface area contributed by atoms with E-state index in [1.165, 1.54) is 31.4 Å². The average molecular weight is 502 g/mol. The summed E-state index contributed by atoms with van der Waals surface area (Å²) in [5.41, 5.74) is 1.09. The first-order chi connectivity index (χ1) is 17.2. The third-order valence-corrected chi connectivity index (χ3v) is 5.17. The van der Waals surface area contributed by atoms with Crippen LogP contribution in [-0.4, -0.2) is 13.0 Å². The van der Waals surface area contributed by atoms with E-state index >= 15 is 0 Å². The maximum atomic E-state index is 13.9. The van der Waals surface area contributed by atoms with Gasteiger partial charge in [-0.05, 0) is 36.3 Å². The van der Waals surface area contributed by atoms with Crippen molar-refractivity contribution in [3.05, 3.63) is 99.9 Å². The van der Waals surface area contributed by atoms with Crippen molar-refractivity contribution in [2.75, 3.05) is 7.11 Å². The van der Waals surface area contributed by atoms with Crippen molar-refractivity contribution in [1.29, 1.82) is 5.26 Å². The van der Waals surface area contributed by atoms with Crippen LogP contribution < -0.4 is 14.8 Å². The Morgan fingerprint density at radius 2 is 1.61 bits per heavy atom. The Morgan fingerprint density at radius 1 is 1.00 bits per heavy atom. The number of hydrogen-bond donors (Lipinski definition) is 1. The van der Waals surface area contributed by atoms with Crippen LogP contribution >= 0.6 is 0 Å². The van der Waals surface area contributed by atoms with Gasteiger partial charge in [0.1, 0.15) is 24.0 Å². The summed E-state index contributed by atoms with van der Waals surface area (Å²) < 4.78 is 78.1. The molecule has 0 spiro atoms. The molecule has 1 amide bonds. The second-order valence-corrected chi connectivity index (χ2v) is 7.53. The minimum absolute atomic E-state index is 0.158. The molecule has 10 heteroatoms. The highest BCUT2D eigenvalue weighted by Crippen LogP contribution is 2.31. The first-order valence-corrected chi connectivity index (χ1v) is 10.5. The minimum Gasteiger partial charge on any atom is -0.496 e. The Bertz CT molecular complexity index is 1320. The molecule has 0 aliphatic rings. The number of rotatable bonds is 8. The smallest absolute Gasteiger partial charge is 0.262 e. The Morgan fingerprint density at radius 3 is 2.19 bits per heavy atom. The molecule has 1 N–H and O–H groups in total. The van der Waals surface area contributed by atoms with E-state index in [0.29, 0.717) is 5.56 Å². The lowest BCUT2D eigenvalue weighted by atomic mass is 10.1. The largest absolute Gasteiger partial charge is 0.496 e. The van der Waals surface area contributed by atoms with Gasteiger partial charge in [-0.3, -0.25) is 4.79 Å². The number of halogens is 5. The van der Waals surface area contributed by atoms with Gasteiger partial charge in [-0.2, -0.15) is 14.0 Å². The molecule has 186 valence electrons. The lowest BCUT2D eigenvalue weighted by molar-refractivity contribution is -0.117. The van der Waals surface area contributed by atoms with Crippen LogP contribution in [0.3, 0.4) is 0 Å². The van der Waals surface area contributed by atoms with E-state index in [2.05, 4.69) is 5.32 Å². The van der Waals surface area contributed by atoms with Gasteiger partial charge in [0.2, 0.25) is 29.1 Å². The number of amides is 1. The molecular weight excluding hydrogens is 483 g/mol. The first-order valence-electron chi connectivity index (χ1n) is 10.5. The van der Waals surface area contributed by atoms with E-state index in [1.807, 2.05) is 36.4 Å². The quantitative estimate of drug-likeness (QED) is 0.140. The molecule has 3 aromatic carbocycles. The van der Waals surface area contributed by atoms with Crippen molar-refractivity contribution in [2.45, 2.75) is 19.6 Å². The van der Waals surface area contributed by atoms with Crippen molar-refractivity contribution in [3.8, 4) is 17.6 Å². The highest BCUT2D eigenvalue weighted by molar-refractivity contribution is 6.01. The third kappa shape index (κ3) is 5.63. The van der Waals surface area contributed by atoms with Gasteiger partial charge in [0.15, 0.2) is 5.75 Å². The Labute approximate surface area is 203 Å². The van der Waals surface area contributed by atoms with Gasteiger partial charge in [0, 0.05) is 5.56 Å². The Hall–Kier alpha value is -4.39. The predicted molar refractivity (Wildman–Crippen MR) is 120 cm³/mol. The number of carbonyl (C=O) groups is 1. The molecule has 0 aromatic heterocycles. The molecular formula is C26H19F5N2O3. The summed E-state index contributed by atoms with van der Waals surface area (Å²) in [6.45, 7) is 1.12. The molecule has 0 saturated heterocycles. The molecule has 0 aliphatic heterocycles. The highest BCUT2D eigenvalue weighted by Gasteiger charge is 2.27. The maximum absolute atomic E-state index is 13.9. The van der Waals surface area contributed by atoms with Crippen molar-refractivity contribution >= 4 is 12.0 Å². The number of carbonyl (C=O) groups excluding carboxylic acids is 1. The monoisotopic (exact) mass is 502 g/mol. The molecule has 0 bridgehead atoms. The lowest BCUT2D eigenvalue weighted by Gasteiger charge is -2.14. The Kier molecular flexibility index (Phi) is 8.27. The molecule has 0 saturated carbocycles. The van der Waals surface area contributed by atoms with Gasteiger partial charge < -0.3 is 14.8 Å². The van der Waals surface area contributed by atoms with Crippen LogP contribution in [0.15, 0.2) is 54.1 Å². The number of nitrogens with one attached hydrogen (secondary N) is 1. The van der Waals surface area contributed by atoms with Crippen LogP contribution in [0.2, 0.25) is 0 Å². The van der Waals surface area contributed by atoms with Crippen LogP contribution in [-0.2, 0) is 11.4 Å². The van der Waals surface area contributed by atoms with Gasteiger partial charge in [0.05, 0.1) is 13.2 Å². The molecule has 3 aromatic rings. The molecule has 0 radical (unpaired) electrons. The SMILES string of the molecule is COc1ccc(/C=C(\C#N)C(=O)N[C@@H](C)c2ccccc2)cc1COc1c(F)c(F)c(F)c(F)c1F. The molecule has 0 aliphatic carbocycles. The normalized spacial score (nSPS) is 12.0. The molecule has 36 heavy (non-hydrogen) atoms. The van der Waals surface area contributed by atoms with E-state index in [9.17, 15) is 32.0 Å². The number of nitriles is 1. The fourth-order valence-corrected chi connectivity index (χ4v) is 3.28. The zero-order valence-corrected chi connectivity index (χ0v) is 19.0. The maximum Gasteiger partial charge on any atom is 0.262 e. The van der Waals surface area contributed by atoms with Crippen LogP contribution in [0.5, 0.6) is 11.5 Å². The Balaban J connectivity index is 1.85. The standard InChI is InChI=1S/C26H19F5N2O3/c1-14(16-6-4-3-5-7-16)33-26(34)17(12-32)10-15-8-9-19(35-2)18(11-15)13-36-25-23(30)21(28)20(27)22(29)24(25)31/h3-11,14H,13H2,1-2H3,(H,33,34)/b17-10+/t14-/m0/s1. The minimum atomic E-state index is -2.30. The summed E-state index contributed by atoms with van der Waals surface area (Å²) >= 11 is 0. The van der Waals surface area contributed by atoms with Crippen LogP contribution in [0.1, 0.15) is 29.7 Å². The van der Waals surface area contributed by atoms with Crippen molar-refractivity contribution < 1.29 is 36.2 Å². The van der Waals surface area contributed by atoms with Gasteiger partial charge in [-0.25, -0.2) is 13.2 Å². The summed E-state index contributed by atoms with van der Waals surface area (Å²) in [4.78, 5) is 12.6. The summed E-state index contributed by atoms with van der Waals surface area (Å²) in [6.07, 6.45) is 1.27. The van der Waals surface area contributed by atoms with E-state index < -0.39 is 47.3 Å². The molecule has 0 unspecified atom stereocenters. The summed E-state index contributed by atoms with van der Waals surface area (Å²) in [5, 5.41) is 12.2. The third-order valence-electron chi connectivity index (χ3n) is 5.17. The summed E-state index contributed by atoms with van der Waals surface area (Å²) in [7, 11) is 1.30. The molecule has 1 atom stereocenters. The van der Waals surface area contributed by atoms with Crippen LogP contribution in [0.25, 0.3) is 6.08 Å². The van der Waals surface area contributed by atoms with Gasteiger partial charge in [0.25, 0.3) is 5.91 Å². The van der Waals surface area contributed by atoms with Crippen LogP contribution in [0.4, 0.5) is 22.0 Å². The van der Waals surface area contributed by atoms with Gasteiger partial charge in [-0.1, -0.05) is 36.4 Å². The number of methoxy groups -OCH3 is 1. The highest BCUT2D eigenvalue weighted by atomic mass is 19.2. The number of hydrogen-bond acceptors (Lipinski definition) is 4. The van der Waals surface area contributed by atoms with Crippen LogP contribution in [0, 0.1) is 40.4 Å². The van der Waals surface area contributed by atoms with E-state index in [-0.39, 0.29) is 22.9 Å². The summed E-state index contributed by atoms with van der Waals surface area (Å²) in [5.74, 6) is -12.7. The number of ether oxygens (including phenoxy) is 2. The molecule has 3 rings (SSSR count). The second kappa shape index (κ2) is 11.4. The first kappa shape index (κ1) is 26.2.